The predicted molar refractivity (Wildman–Crippen MR) is 334 cm³/mol. The minimum absolute atomic E-state index is 0.0856. The number of ether oxygens (including phenoxy) is 2. The van der Waals surface area contributed by atoms with E-state index in [-0.39, 0.29) is 25.2 Å². The number of hydrogen-bond donors (Lipinski definition) is 1. The Labute approximate surface area is 470 Å². The van der Waals surface area contributed by atoms with Crippen LogP contribution in [0.3, 0.4) is 0 Å². The Kier molecular flexibility index (Phi) is 61.9. The molecule has 0 spiro atoms. The van der Waals surface area contributed by atoms with Gasteiger partial charge in [0.05, 0.1) is 6.61 Å². The Hall–Kier alpha value is -3.96. The molecule has 0 aliphatic rings. The van der Waals surface area contributed by atoms with Crippen molar-refractivity contribution < 1.29 is 24.2 Å². The second-order valence-corrected chi connectivity index (χ2v) is 20.8. The zero-order chi connectivity index (χ0) is 54.8. The Morgan fingerprint density at radius 3 is 0.868 bits per heavy atom. The molecule has 0 heterocycles. The Morgan fingerprint density at radius 2 is 0.566 bits per heavy atom. The molecule has 0 fully saturated rings. The Bertz CT molecular complexity index is 1570. The maximum atomic E-state index is 12.3. The molecule has 0 radical (unpaired) electrons. The second kappa shape index (κ2) is 65.3. The fraction of sp³-hybridized carbons (Fsp3) is 0.662. The van der Waals surface area contributed by atoms with Gasteiger partial charge in [0, 0.05) is 12.8 Å². The van der Waals surface area contributed by atoms with E-state index in [0.717, 1.165) is 109 Å². The minimum atomic E-state index is -0.800. The molecule has 5 heteroatoms. The number of aliphatic hydroxyl groups is 1. The molecule has 1 atom stereocenters. The van der Waals surface area contributed by atoms with Crippen LogP contribution in [0.2, 0.25) is 0 Å². The molecule has 76 heavy (non-hydrogen) atoms. The molecule has 0 aromatic carbocycles. The van der Waals surface area contributed by atoms with E-state index in [1.807, 2.05) is 0 Å². The summed E-state index contributed by atoms with van der Waals surface area (Å²) in [6.07, 6.45) is 97.3. The van der Waals surface area contributed by atoms with Gasteiger partial charge < -0.3 is 14.6 Å². The number of carbonyl (C=O) groups excluding carboxylic acids is 2. The van der Waals surface area contributed by atoms with Gasteiger partial charge in [0.2, 0.25) is 0 Å². The molecule has 432 valence electrons. The lowest BCUT2D eigenvalue weighted by molar-refractivity contribution is -0.161. The maximum absolute atomic E-state index is 12.3. The molecule has 0 aliphatic heterocycles. The van der Waals surface area contributed by atoms with Crippen molar-refractivity contribution in [1.29, 1.82) is 0 Å². The van der Waals surface area contributed by atoms with Gasteiger partial charge in [-0.3, -0.25) is 9.59 Å². The van der Waals surface area contributed by atoms with Crippen molar-refractivity contribution in [3.63, 3.8) is 0 Å². The van der Waals surface area contributed by atoms with Gasteiger partial charge in [0.1, 0.15) is 6.61 Å². The van der Waals surface area contributed by atoms with Crippen LogP contribution in [0.15, 0.2) is 134 Å². The SMILES string of the molecule is CC/C=C\C/C=C\C/C=C\C/C=C\C/C=C\C/C=C\C/C=C\C/C=C\C/C=C\CCCCCC(=O)OC(CO)COC(=O)CCCCCCCCCCCCCCCCCCCCC/C=C\C/C=C\CCCCCCC. The van der Waals surface area contributed by atoms with Gasteiger partial charge in [-0.1, -0.05) is 289 Å². The lowest BCUT2D eigenvalue weighted by Gasteiger charge is -2.15. The van der Waals surface area contributed by atoms with Crippen molar-refractivity contribution in [1.82, 2.24) is 0 Å². The van der Waals surface area contributed by atoms with Gasteiger partial charge in [0.15, 0.2) is 6.10 Å². The molecular weight excluding hydrogens is 933 g/mol. The van der Waals surface area contributed by atoms with Crippen LogP contribution in [0.1, 0.15) is 284 Å². The highest BCUT2D eigenvalue weighted by Crippen LogP contribution is 2.16. The molecule has 0 saturated carbocycles. The van der Waals surface area contributed by atoms with Gasteiger partial charge in [-0.15, -0.1) is 0 Å². The Balaban J connectivity index is 3.57. The summed E-state index contributed by atoms with van der Waals surface area (Å²) < 4.78 is 10.7. The molecule has 0 aromatic heterocycles. The van der Waals surface area contributed by atoms with Crippen molar-refractivity contribution in [2.24, 2.45) is 0 Å². The third-order valence-electron chi connectivity index (χ3n) is 13.4. The monoisotopic (exact) mass is 1050 g/mol. The second-order valence-electron chi connectivity index (χ2n) is 20.8. The normalized spacial score (nSPS) is 13.1. The quantitative estimate of drug-likeness (QED) is 0.0373. The molecule has 5 nitrogen and oxygen atoms in total. The first kappa shape index (κ1) is 72.0. The van der Waals surface area contributed by atoms with Crippen LogP contribution in [-0.4, -0.2) is 36.4 Å². The van der Waals surface area contributed by atoms with Crippen LogP contribution in [0.25, 0.3) is 0 Å². The van der Waals surface area contributed by atoms with Crippen LogP contribution in [0.4, 0.5) is 0 Å². The molecule has 0 bridgehead atoms. The lowest BCUT2D eigenvalue weighted by atomic mass is 10.0. The zero-order valence-corrected chi connectivity index (χ0v) is 49.5. The van der Waals surface area contributed by atoms with Crippen molar-refractivity contribution in [2.45, 2.75) is 290 Å². The lowest BCUT2D eigenvalue weighted by Crippen LogP contribution is -2.28. The third kappa shape index (κ3) is 62.6. The van der Waals surface area contributed by atoms with Crippen LogP contribution >= 0.6 is 0 Å². The third-order valence-corrected chi connectivity index (χ3v) is 13.4. The fourth-order valence-electron chi connectivity index (χ4n) is 8.70. The number of hydrogen-bond acceptors (Lipinski definition) is 5. The summed E-state index contributed by atoms with van der Waals surface area (Å²) >= 11 is 0. The molecule has 0 aromatic rings. The summed E-state index contributed by atoms with van der Waals surface area (Å²) in [4.78, 5) is 24.6. The van der Waals surface area contributed by atoms with E-state index in [9.17, 15) is 14.7 Å². The average Bonchev–Trinajstić information content (AvgIpc) is 3.42. The predicted octanol–water partition coefficient (Wildman–Crippen LogP) is 22.0. The van der Waals surface area contributed by atoms with Crippen LogP contribution in [0, 0.1) is 0 Å². The van der Waals surface area contributed by atoms with E-state index < -0.39 is 6.10 Å². The molecule has 1 unspecified atom stereocenters. The summed E-state index contributed by atoms with van der Waals surface area (Å²) in [7, 11) is 0. The van der Waals surface area contributed by atoms with Gasteiger partial charge in [-0.25, -0.2) is 0 Å². The van der Waals surface area contributed by atoms with Crippen LogP contribution in [0.5, 0.6) is 0 Å². The largest absolute Gasteiger partial charge is 0.462 e. The van der Waals surface area contributed by atoms with E-state index >= 15 is 0 Å². The average molecular weight is 1050 g/mol. The van der Waals surface area contributed by atoms with Crippen molar-refractivity contribution in [3.05, 3.63) is 134 Å². The highest BCUT2D eigenvalue weighted by molar-refractivity contribution is 5.70. The van der Waals surface area contributed by atoms with E-state index in [4.69, 9.17) is 9.47 Å². The highest BCUT2D eigenvalue weighted by atomic mass is 16.6. The van der Waals surface area contributed by atoms with Crippen LogP contribution in [-0.2, 0) is 19.1 Å². The first-order chi connectivity index (χ1) is 37.6. The fourth-order valence-corrected chi connectivity index (χ4v) is 8.70. The summed E-state index contributed by atoms with van der Waals surface area (Å²) in [5, 5.41) is 9.68. The van der Waals surface area contributed by atoms with Crippen molar-refractivity contribution >= 4 is 11.9 Å². The number of rotatable bonds is 57. The molecule has 0 aliphatic carbocycles. The zero-order valence-electron chi connectivity index (χ0n) is 49.5. The summed E-state index contributed by atoms with van der Waals surface area (Å²) in [6, 6.07) is 0. The molecule has 0 rings (SSSR count). The number of unbranched alkanes of at least 4 members (excludes halogenated alkanes) is 27. The van der Waals surface area contributed by atoms with E-state index in [1.54, 1.807) is 0 Å². The van der Waals surface area contributed by atoms with Crippen LogP contribution < -0.4 is 0 Å². The summed E-state index contributed by atoms with van der Waals surface area (Å²) in [5.74, 6) is -0.629. The number of allylic oxidation sites excluding steroid dienone is 22. The van der Waals surface area contributed by atoms with Crippen molar-refractivity contribution in [2.75, 3.05) is 13.2 Å². The molecular formula is C71H118O5. The van der Waals surface area contributed by atoms with Crippen molar-refractivity contribution in [3.8, 4) is 0 Å². The van der Waals surface area contributed by atoms with Gasteiger partial charge in [-0.05, 0) is 116 Å². The Morgan fingerprint density at radius 1 is 0.316 bits per heavy atom. The standard InChI is InChI=1S/C71H118O5/c1-3-5-7-9-11-13-15-17-19-21-23-25-27-29-31-33-35-37-39-41-43-45-47-49-51-53-55-57-59-61-63-65-70(73)75-68-69(67-72)76-71(74)66-64-62-60-58-56-54-52-50-48-46-44-42-40-38-36-34-32-30-28-26-24-22-20-18-16-14-12-10-8-6-4-2/h6,8,12,14-15,17-18,20-21,23-24,26,30,32,36,38,42,44,48,50,54,56,69,72H,3-5,7,9-11,13,16,19,22,25,27-29,31,33-35,37,39-41,43,45-47,49,51-53,55,57-68H2,1-2H3/b8-6-,14-12-,17-15-,20-18-,23-21-,26-24-,32-30-,38-36-,44-42-,50-48-,56-54-. The highest BCUT2D eigenvalue weighted by Gasteiger charge is 2.16. The van der Waals surface area contributed by atoms with E-state index in [2.05, 4.69) is 148 Å². The van der Waals surface area contributed by atoms with Gasteiger partial charge in [-0.2, -0.15) is 0 Å². The first-order valence-electron chi connectivity index (χ1n) is 31.7. The minimum Gasteiger partial charge on any atom is -0.462 e. The molecule has 1 N–H and O–H groups in total. The van der Waals surface area contributed by atoms with E-state index in [1.165, 1.54) is 148 Å². The summed E-state index contributed by atoms with van der Waals surface area (Å²) in [5.41, 5.74) is 0. The number of esters is 2. The first-order valence-corrected chi connectivity index (χ1v) is 31.7. The smallest absolute Gasteiger partial charge is 0.306 e. The summed E-state index contributed by atoms with van der Waals surface area (Å²) in [6.45, 7) is 4.00. The number of carbonyl (C=O) groups is 2. The van der Waals surface area contributed by atoms with Gasteiger partial charge in [0.25, 0.3) is 0 Å². The number of aliphatic hydroxyl groups excluding tert-OH is 1. The maximum Gasteiger partial charge on any atom is 0.306 e. The topological polar surface area (TPSA) is 72.8 Å². The molecule has 0 amide bonds. The van der Waals surface area contributed by atoms with Gasteiger partial charge >= 0.3 is 11.9 Å². The molecule has 0 saturated heterocycles. The van der Waals surface area contributed by atoms with E-state index in [0.29, 0.717) is 12.8 Å².